The number of aromatic nitrogens is 3. The molecular weight excluding hydrogens is 314 g/mol. The van der Waals surface area contributed by atoms with E-state index in [0.717, 1.165) is 23.6 Å². The molecule has 7 heteroatoms. The number of nitrogens with two attached hydrogens (primary N) is 1. The lowest BCUT2D eigenvalue weighted by molar-refractivity contribution is -0.118. The molecule has 2 unspecified atom stereocenters. The summed E-state index contributed by atoms with van der Waals surface area (Å²) >= 11 is 0. The number of pyridine rings is 1. The van der Waals surface area contributed by atoms with Gasteiger partial charge in [0.2, 0.25) is 5.91 Å². The van der Waals surface area contributed by atoms with Gasteiger partial charge in [0, 0.05) is 5.69 Å². The Morgan fingerprint density at radius 1 is 1.39 bits per heavy atom. The smallest absolute Gasteiger partial charge is 0.241 e. The molecule has 23 heavy (non-hydrogen) atoms. The van der Waals surface area contributed by atoms with Crippen LogP contribution in [0.3, 0.4) is 0 Å². The zero-order chi connectivity index (χ0) is 16.3. The first-order chi connectivity index (χ1) is 10.4. The predicted octanol–water partition coefficient (Wildman–Crippen LogP) is 2.62. The van der Waals surface area contributed by atoms with Gasteiger partial charge in [0.15, 0.2) is 5.82 Å². The molecule has 126 valence electrons. The van der Waals surface area contributed by atoms with Gasteiger partial charge in [-0.1, -0.05) is 20.3 Å². The van der Waals surface area contributed by atoms with Crippen molar-refractivity contribution in [2.24, 2.45) is 11.7 Å². The molecule has 1 amide bonds. The molecular formula is C16H24ClN5O. The number of aryl methyl sites for hydroxylation is 2. The molecule has 3 N–H and O–H groups in total. The van der Waals surface area contributed by atoms with E-state index in [1.807, 2.05) is 39.8 Å². The number of hydrogen-bond acceptors (Lipinski definition) is 4. The first kappa shape index (κ1) is 19.1. The van der Waals surface area contributed by atoms with Gasteiger partial charge in [-0.25, -0.2) is 9.67 Å². The van der Waals surface area contributed by atoms with Crippen molar-refractivity contribution in [3.8, 4) is 5.82 Å². The lowest BCUT2D eigenvalue weighted by Crippen LogP contribution is -2.40. The van der Waals surface area contributed by atoms with E-state index in [1.54, 1.807) is 16.9 Å². The molecule has 0 aromatic carbocycles. The van der Waals surface area contributed by atoms with Gasteiger partial charge >= 0.3 is 0 Å². The minimum Gasteiger partial charge on any atom is -0.323 e. The van der Waals surface area contributed by atoms with Gasteiger partial charge in [0.05, 0.1) is 23.6 Å². The van der Waals surface area contributed by atoms with Crippen LogP contribution >= 0.6 is 12.4 Å². The molecule has 0 aliphatic rings. The van der Waals surface area contributed by atoms with Gasteiger partial charge in [-0.2, -0.15) is 5.10 Å². The van der Waals surface area contributed by atoms with Crippen molar-refractivity contribution in [1.29, 1.82) is 0 Å². The van der Waals surface area contributed by atoms with Crippen LogP contribution in [0.4, 0.5) is 5.69 Å². The summed E-state index contributed by atoms with van der Waals surface area (Å²) in [5.74, 6) is 0.673. The van der Waals surface area contributed by atoms with Gasteiger partial charge in [-0.15, -0.1) is 12.4 Å². The van der Waals surface area contributed by atoms with Crippen LogP contribution in [0.25, 0.3) is 5.82 Å². The molecule has 6 nitrogen and oxygen atoms in total. The van der Waals surface area contributed by atoms with Crippen molar-refractivity contribution in [1.82, 2.24) is 14.8 Å². The summed E-state index contributed by atoms with van der Waals surface area (Å²) in [6.45, 7) is 7.90. The summed E-state index contributed by atoms with van der Waals surface area (Å²) in [4.78, 5) is 16.4. The first-order valence-corrected chi connectivity index (χ1v) is 7.48. The molecule has 0 aliphatic carbocycles. The van der Waals surface area contributed by atoms with Crippen molar-refractivity contribution < 1.29 is 4.79 Å². The maximum absolute atomic E-state index is 12.0. The van der Waals surface area contributed by atoms with E-state index in [-0.39, 0.29) is 24.2 Å². The fraction of sp³-hybridized carbons (Fsp3) is 0.438. The van der Waals surface area contributed by atoms with Crippen LogP contribution in [0, 0.1) is 19.8 Å². The zero-order valence-electron chi connectivity index (χ0n) is 13.9. The summed E-state index contributed by atoms with van der Waals surface area (Å²) in [5, 5.41) is 7.18. The number of anilines is 1. The van der Waals surface area contributed by atoms with Gasteiger partial charge in [-0.05, 0) is 38.0 Å². The summed E-state index contributed by atoms with van der Waals surface area (Å²) in [7, 11) is 0. The van der Waals surface area contributed by atoms with Crippen molar-refractivity contribution >= 4 is 24.0 Å². The van der Waals surface area contributed by atoms with Crippen LogP contribution in [0.2, 0.25) is 0 Å². The van der Waals surface area contributed by atoms with Gasteiger partial charge in [0.25, 0.3) is 0 Å². The average molecular weight is 338 g/mol. The van der Waals surface area contributed by atoms with Crippen LogP contribution < -0.4 is 11.1 Å². The summed E-state index contributed by atoms with van der Waals surface area (Å²) in [6.07, 6.45) is 2.48. The summed E-state index contributed by atoms with van der Waals surface area (Å²) in [5.41, 5.74) is 8.50. The second-order valence-electron chi connectivity index (χ2n) is 5.64. The number of rotatable bonds is 5. The summed E-state index contributed by atoms with van der Waals surface area (Å²) < 4.78 is 1.77. The predicted molar refractivity (Wildman–Crippen MR) is 94.1 cm³/mol. The summed E-state index contributed by atoms with van der Waals surface area (Å²) in [6, 6.07) is 5.10. The third-order valence-electron chi connectivity index (χ3n) is 3.80. The molecule has 2 aromatic rings. The van der Waals surface area contributed by atoms with E-state index in [1.165, 1.54) is 0 Å². The molecule has 0 spiro atoms. The average Bonchev–Trinajstić information content (AvgIpc) is 2.85. The molecule has 0 aliphatic heterocycles. The molecule has 0 bridgehead atoms. The molecule has 2 heterocycles. The number of amides is 1. The van der Waals surface area contributed by atoms with Crippen molar-refractivity contribution in [3.63, 3.8) is 0 Å². The molecule has 2 rings (SSSR count). The first-order valence-electron chi connectivity index (χ1n) is 7.48. The number of carbonyl (C=O) groups is 1. The molecule has 2 atom stereocenters. The maximum Gasteiger partial charge on any atom is 0.241 e. The second-order valence-corrected chi connectivity index (χ2v) is 5.64. The molecule has 0 radical (unpaired) electrons. The van der Waals surface area contributed by atoms with Crippen LogP contribution in [0.15, 0.2) is 24.4 Å². The molecule has 0 fully saturated rings. The standard InChI is InChI=1S/C16H23N5O.ClH/c1-5-10(2)15(17)16(22)19-13-6-7-14(18-9-13)21-12(4)8-11(3)20-21;/h6-10,15H,5,17H2,1-4H3,(H,19,22);1H. The number of carbonyl (C=O) groups excluding carboxylic acids is 1. The van der Waals surface area contributed by atoms with Gasteiger partial charge < -0.3 is 11.1 Å². The van der Waals surface area contributed by atoms with Crippen LogP contribution in [0.1, 0.15) is 31.7 Å². The highest BCUT2D eigenvalue weighted by molar-refractivity contribution is 5.94. The van der Waals surface area contributed by atoms with Gasteiger partial charge in [0.1, 0.15) is 0 Å². The van der Waals surface area contributed by atoms with E-state index in [2.05, 4.69) is 15.4 Å². The lowest BCUT2D eigenvalue weighted by atomic mass is 9.99. The van der Waals surface area contributed by atoms with E-state index in [0.29, 0.717) is 5.69 Å². The Morgan fingerprint density at radius 3 is 2.57 bits per heavy atom. The van der Waals surface area contributed by atoms with Gasteiger partial charge in [-0.3, -0.25) is 4.79 Å². The fourth-order valence-electron chi connectivity index (χ4n) is 2.18. The maximum atomic E-state index is 12.0. The van der Waals surface area contributed by atoms with E-state index < -0.39 is 6.04 Å². The highest BCUT2D eigenvalue weighted by Gasteiger charge is 2.19. The molecule has 0 saturated carbocycles. The Morgan fingerprint density at radius 2 is 2.09 bits per heavy atom. The van der Waals surface area contributed by atoms with Crippen molar-refractivity contribution in [2.75, 3.05) is 5.32 Å². The molecule has 0 saturated heterocycles. The normalized spacial score (nSPS) is 13.1. The third kappa shape index (κ3) is 4.53. The fourth-order valence-corrected chi connectivity index (χ4v) is 2.18. The lowest BCUT2D eigenvalue weighted by Gasteiger charge is -2.17. The van der Waals surface area contributed by atoms with E-state index in [9.17, 15) is 4.79 Å². The highest BCUT2D eigenvalue weighted by Crippen LogP contribution is 2.14. The highest BCUT2D eigenvalue weighted by atomic mass is 35.5. The molecule has 2 aromatic heterocycles. The minimum atomic E-state index is -0.513. The van der Waals surface area contributed by atoms with E-state index in [4.69, 9.17) is 5.73 Å². The Labute approximate surface area is 142 Å². The van der Waals surface area contributed by atoms with Crippen molar-refractivity contribution in [3.05, 3.63) is 35.8 Å². The minimum absolute atomic E-state index is 0. The second kappa shape index (κ2) is 8.08. The quantitative estimate of drug-likeness (QED) is 0.878. The number of halogens is 1. The zero-order valence-corrected chi connectivity index (χ0v) is 14.7. The van der Waals surface area contributed by atoms with E-state index >= 15 is 0 Å². The topological polar surface area (TPSA) is 85.8 Å². The number of nitrogens with one attached hydrogen (secondary N) is 1. The largest absolute Gasteiger partial charge is 0.323 e. The SMILES string of the molecule is CCC(C)C(N)C(=O)Nc1ccc(-n2nc(C)cc2C)nc1.Cl. The Hall–Kier alpha value is -1.92. The Kier molecular flexibility index (Phi) is 6.72. The number of nitrogens with zero attached hydrogens (tertiary/aromatic N) is 3. The Bertz CT molecular complexity index is 653. The number of hydrogen-bond donors (Lipinski definition) is 2. The van der Waals surface area contributed by atoms with Crippen LogP contribution in [-0.4, -0.2) is 26.7 Å². The Balaban J connectivity index is 0.00000264. The third-order valence-corrected chi connectivity index (χ3v) is 3.80. The monoisotopic (exact) mass is 337 g/mol. The van der Waals surface area contributed by atoms with Crippen LogP contribution in [-0.2, 0) is 4.79 Å². The van der Waals surface area contributed by atoms with Crippen LogP contribution in [0.5, 0.6) is 0 Å². The van der Waals surface area contributed by atoms with Crippen molar-refractivity contribution in [2.45, 2.75) is 40.2 Å².